The Morgan fingerprint density at radius 2 is 1.71 bits per heavy atom. The van der Waals surface area contributed by atoms with Crippen LogP contribution in [0.1, 0.15) is 55.0 Å². The Kier molecular flexibility index (Phi) is 12.0. The first-order chi connectivity index (χ1) is 20.1. The van der Waals surface area contributed by atoms with Gasteiger partial charge in [0, 0.05) is 25.1 Å². The van der Waals surface area contributed by atoms with Gasteiger partial charge in [-0.3, -0.25) is 9.59 Å². The lowest BCUT2D eigenvalue weighted by molar-refractivity contribution is -0.139. The number of nitrogens with one attached hydrogen (secondary N) is 3. The van der Waals surface area contributed by atoms with Gasteiger partial charge in [-0.05, 0) is 36.3 Å². The molecule has 3 N–H and O–H groups in total. The molecule has 0 unspecified atom stereocenters. The maximum absolute atomic E-state index is 13.2. The third-order valence-corrected chi connectivity index (χ3v) is 8.40. The second-order valence-corrected chi connectivity index (χ2v) is 11.8. The van der Waals surface area contributed by atoms with Gasteiger partial charge in [0.25, 0.3) is 15.9 Å². The number of urea groups is 1. The van der Waals surface area contributed by atoms with E-state index in [0.717, 1.165) is 24.2 Å². The number of sulfonamides is 1. The molecule has 3 aromatic rings. The number of hydrogen-bond acceptors (Lipinski definition) is 8. The first-order valence-corrected chi connectivity index (χ1v) is 16.3. The summed E-state index contributed by atoms with van der Waals surface area (Å²) in [7, 11) is -2.87. The maximum atomic E-state index is 13.2. The van der Waals surface area contributed by atoms with Crippen LogP contribution in [0.3, 0.4) is 0 Å². The van der Waals surface area contributed by atoms with Crippen LogP contribution in [0.4, 0.5) is 4.79 Å². The molecule has 0 radical (unpaired) electrons. The maximum Gasteiger partial charge on any atom is 0.328 e. The first kappa shape index (κ1) is 32.7. The summed E-state index contributed by atoms with van der Waals surface area (Å²) in [5.41, 5.74) is 2.32. The van der Waals surface area contributed by atoms with E-state index in [4.69, 9.17) is 4.98 Å². The lowest BCUT2D eigenvalue weighted by Crippen LogP contribution is -2.39. The number of imidazole rings is 1. The minimum atomic E-state index is -4.12. The van der Waals surface area contributed by atoms with Crippen LogP contribution >= 0.6 is 11.8 Å². The van der Waals surface area contributed by atoms with Crippen LogP contribution in [0.5, 0.6) is 0 Å². The van der Waals surface area contributed by atoms with Crippen LogP contribution in [-0.2, 0) is 32.5 Å². The average Bonchev–Trinajstić information content (AvgIpc) is 3.34. The molecule has 0 spiro atoms. The third-order valence-electron chi connectivity index (χ3n) is 6.34. The van der Waals surface area contributed by atoms with Crippen molar-refractivity contribution in [1.82, 2.24) is 24.9 Å². The van der Waals surface area contributed by atoms with Gasteiger partial charge in [0.2, 0.25) is 0 Å². The number of nitrogens with zero attached hydrogens (tertiary/aromatic N) is 2. The molecule has 1 heterocycles. The molecule has 2 aromatic carbocycles. The van der Waals surface area contributed by atoms with Gasteiger partial charge in [-0.25, -0.2) is 22.9 Å². The normalized spacial score (nSPS) is 11.1. The standard InChI is InChI=1S/C29H37N5O6S2/c1-5-7-12-24-32-28(41-4)26(27(36)31-18-25(35)40-3)34(24)19-20-13-15-21(16-14-20)22-10-8-9-11-23(22)42(38,39)33-29(37)30-17-6-2/h8-11,13-16H,5-7,12,17-19H2,1-4H3,(H,31,36)(H2,30,33,37). The van der Waals surface area contributed by atoms with E-state index in [9.17, 15) is 22.8 Å². The highest BCUT2D eigenvalue weighted by molar-refractivity contribution is 7.98. The molecule has 0 saturated carbocycles. The SMILES string of the molecule is CCCCc1nc(SC)c(C(=O)NCC(=O)OC)n1Cc1ccc(-c2ccccc2S(=O)(=O)NC(=O)NCCC)cc1. The molecule has 3 rings (SSSR count). The van der Waals surface area contributed by atoms with Gasteiger partial charge in [0.05, 0.1) is 12.0 Å². The third kappa shape index (κ3) is 8.35. The zero-order valence-corrected chi connectivity index (χ0v) is 25.9. The summed E-state index contributed by atoms with van der Waals surface area (Å²) in [5.74, 6) is -0.218. The average molecular weight is 616 g/mol. The van der Waals surface area contributed by atoms with E-state index >= 15 is 0 Å². The topological polar surface area (TPSA) is 148 Å². The van der Waals surface area contributed by atoms with Crippen molar-refractivity contribution in [3.8, 4) is 11.1 Å². The molecule has 13 heteroatoms. The second-order valence-electron chi connectivity index (χ2n) is 9.39. The summed E-state index contributed by atoms with van der Waals surface area (Å²) in [6, 6.07) is 13.0. The smallest absolute Gasteiger partial charge is 0.328 e. The van der Waals surface area contributed by atoms with Crippen molar-refractivity contribution in [3.63, 3.8) is 0 Å². The number of hydrogen-bond donors (Lipinski definition) is 3. The molecule has 11 nitrogen and oxygen atoms in total. The second kappa shape index (κ2) is 15.4. The zero-order chi connectivity index (χ0) is 30.7. The number of methoxy groups -OCH3 is 1. The van der Waals surface area contributed by atoms with Gasteiger partial charge >= 0.3 is 12.0 Å². The van der Waals surface area contributed by atoms with Crippen LogP contribution in [0.25, 0.3) is 11.1 Å². The van der Waals surface area contributed by atoms with Crippen molar-refractivity contribution in [3.05, 3.63) is 65.6 Å². The Bertz CT molecular complexity index is 1500. The van der Waals surface area contributed by atoms with Gasteiger partial charge in [0.15, 0.2) is 0 Å². The summed E-state index contributed by atoms with van der Waals surface area (Å²) in [6.07, 6.45) is 5.04. The Morgan fingerprint density at radius 1 is 1.00 bits per heavy atom. The van der Waals surface area contributed by atoms with E-state index in [1.165, 1.54) is 24.9 Å². The van der Waals surface area contributed by atoms with Gasteiger partial charge in [-0.1, -0.05) is 62.7 Å². The van der Waals surface area contributed by atoms with E-state index < -0.39 is 27.9 Å². The molecule has 0 aliphatic heterocycles. The van der Waals surface area contributed by atoms with Crippen molar-refractivity contribution < 1.29 is 27.5 Å². The van der Waals surface area contributed by atoms with Crippen molar-refractivity contribution in [1.29, 1.82) is 0 Å². The van der Waals surface area contributed by atoms with Gasteiger partial charge in [0.1, 0.15) is 23.1 Å². The summed E-state index contributed by atoms with van der Waals surface area (Å²) >= 11 is 1.35. The molecule has 3 amide bonds. The van der Waals surface area contributed by atoms with Crippen molar-refractivity contribution in [2.75, 3.05) is 26.5 Å². The quantitative estimate of drug-likeness (QED) is 0.182. The number of esters is 1. The largest absolute Gasteiger partial charge is 0.468 e. The fourth-order valence-electron chi connectivity index (χ4n) is 4.20. The van der Waals surface area contributed by atoms with E-state index in [0.29, 0.717) is 47.8 Å². The Balaban J connectivity index is 1.93. The number of carbonyl (C=O) groups excluding carboxylic acids is 3. The fraction of sp³-hybridized carbons (Fsp3) is 0.379. The summed E-state index contributed by atoms with van der Waals surface area (Å²) in [4.78, 5) is 41.6. The zero-order valence-electron chi connectivity index (χ0n) is 24.2. The summed E-state index contributed by atoms with van der Waals surface area (Å²) < 4.78 is 34.6. The number of aromatic nitrogens is 2. The van der Waals surface area contributed by atoms with Gasteiger partial charge < -0.3 is 19.9 Å². The molecular weight excluding hydrogens is 578 g/mol. The van der Waals surface area contributed by atoms with Crippen molar-refractivity contribution in [2.24, 2.45) is 0 Å². The molecule has 42 heavy (non-hydrogen) atoms. The lowest BCUT2D eigenvalue weighted by Gasteiger charge is -2.14. The molecule has 0 fully saturated rings. The van der Waals surface area contributed by atoms with Gasteiger partial charge in [-0.15, -0.1) is 11.8 Å². The number of amides is 3. The highest BCUT2D eigenvalue weighted by Gasteiger charge is 2.24. The Morgan fingerprint density at radius 3 is 2.36 bits per heavy atom. The molecule has 1 aromatic heterocycles. The van der Waals surface area contributed by atoms with Gasteiger partial charge in [-0.2, -0.15) is 0 Å². The van der Waals surface area contributed by atoms with E-state index in [-0.39, 0.29) is 11.4 Å². The molecule has 0 aliphatic rings. The first-order valence-electron chi connectivity index (χ1n) is 13.6. The molecule has 0 atom stereocenters. The Hall–Kier alpha value is -3.84. The summed E-state index contributed by atoms with van der Waals surface area (Å²) in [5, 5.41) is 5.69. The number of benzene rings is 2. The monoisotopic (exact) mass is 615 g/mol. The number of aryl methyl sites for hydroxylation is 1. The van der Waals surface area contributed by atoms with Crippen molar-refractivity contribution >= 4 is 39.7 Å². The highest BCUT2D eigenvalue weighted by atomic mass is 32.2. The van der Waals surface area contributed by atoms with E-state index in [1.807, 2.05) is 29.9 Å². The van der Waals surface area contributed by atoms with Crippen LogP contribution in [-0.4, -0.2) is 62.3 Å². The van der Waals surface area contributed by atoms with E-state index in [2.05, 4.69) is 27.0 Å². The fourth-order valence-corrected chi connectivity index (χ4v) is 5.96. The van der Waals surface area contributed by atoms with Crippen LogP contribution in [0.15, 0.2) is 58.5 Å². The molecular formula is C29H37N5O6S2. The number of unbranched alkanes of at least 4 members (excludes halogenated alkanes) is 1. The number of rotatable bonds is 14. The number of thioether (sulfide) groups is 1. The predicted molar refractivity (Wildman–Crippen MR) is 162 cm³/mol. The van der Waals surface area contributed by atoms with Crippen LogP contribution in [0.2, 0.25) is 0 Å². The lowest BCUT2D eigenvalue weighted by atomic mass is 10.0. The number of ether oxygens (including phenoxy) is 1. The number of carbonyl (C=O) groups is 3. The molecule has 0 aliphatic carbocycles. The van der Waals surface area contributed by atoms with Crippen molar-refractivity contribution in [2.45, 2.75) is 56.0 Å². The van der Waals surface area contributed by atoms with Crippen LogP contribution in [0, 0.1) is 0 Å². The predicted octanol–water partition coefficient (Wildman–Crippen LogP) is 3.96. The van der Waals surface area contributed by atoms with Crippen LogP contribution < -0.4 is 15.4 Å². The molecule has 0 bridgehead atoms. The Labute approximate surface area is 250 Å². The highest BCUT2D eigenvalue weighted by Crippen LogP contribution is 2.29. The summed E-state index contributed by atoms with van der Waals surface area (Å²) in [6.45, 7) is 4.39. The minimum absolute atomic E-state index is 0.0185. The molecule has 0 saturated heterocycles. The van der Waals surface area contributed by atoms with E-state index in [1.54, 1.807) is 30.3 Å². The minimum Gasteiger partial charge on any atom is -0.468 e. The molecule has 226 valence electrons.